The van der Waals surface area contributed by atoms with E-state index < -0.39 is 5.97 Å². The number of carboxylic acids is 1. The van der Waals surface area contributed by atoms with Crippen LogP contribution in [0.1, 0.15) is 18.1 Å². The van der Waals surface area contributed by atoms with E-state index in [0.717, 1.165) is 30.3 Å². The molecule has 0 aliphatic heterocycles. The molecule has 0 saturated heterocycles. The van der Waals surface area contributed by atoms with Gasteiger partial charge in [-0.15, -0.1) is 0 Å². The van der Waals surface area contributed by atoms with Gasteiger partial charge in [0.25, 0.3) is 0 Å². The molecule has 4 heteroatoms. The predicted octanol–water partition coefficient (Wildman–Crippen LogP) is 1.60. The van der Waals surface area contributed by atoms with Crippen LogP contribution < -0.4 is 0 Å². The number of benzene rings is 1. The summed E-state index contributed by atoms with van der Waals surface area (Å²) in [5.41, 5.74) is 1.98. The Morgan fingerprint density at radius 1 is 1.44 bits per heavy atom. The minimum Gasteiger partial charge on any atom is -0.478 e. The summed E-state index contributed by atoms with van der Waals surface area (Å²) in [7, 11) is 0. The van der Waals surface area contributed by atoms with Gasteiger partial charge in [0.15, 0.2) is 0 Å². The normalized spacial score (nSPS) is 11.3. The van der Waals surface area contributed by atoms with Crippen molar-refractivity contribution in [2.24, 2.45) is 0 Å². The van der Waals surface area contributed by atoms with E-state index in [9.17, 15) is 4.79 Å². The summed E-state index contributed by atoms with van der Waals surface area (Å²) in [5, 5.41) is 17.5. The first-order valence-corrected chi connectivity index (χ1v) is 5.99. The third-order valence-electron chi connectivity index (χ3n) is 2.64. The average molecular weight is 249 g/mol. The van der Waals surface area contributed by atoms with E-state index in [4.69, 9.17) is 10.2 Å². The SMILES string of the molecule is CCN(CCO)Cc1cccc(C=CC(=O)O)c1. The molecule has 98 valence electrons. The van der Waals surface area contributed by atoms with Crippen molar-refractivity contribution in [1.82, 2.24) is 4.90 Å². The molecule has 2 N–H and O–H groups in total. The van der Waals surface area contributed by atoms with E-state index in [1.165, 1.54) is 0 Å². The zero-order valence-corrected chi connectivity index (χ0v) is 10.5. The second-order valence-electron chi connectivity index (χ2n) is 4.01. The van der Waals surface area contributed by atoms with Crippen LogP contribution in [0.5, 0.6) is 0 Å². The molecule has 0 amide bonds. The first-order valence-electron chi connectivity index (χ1n) is 5.99. The first-order chi connectivity index (χ1) is 8.65. The van der Waals surface area contributed by atoms with Gasteiger partial charge in [-0.3, -0.25) is 4.90 Å². The standard InChI is InChI=1S/C14H19NO3/c1-2-15(8-9-16)11-13-5-3-4-12(10-13)6-7-14(17)18/h3-7,10,16H,2,8-9,11H2,1H3,(H,17,18). The summed E-state index contributed by atoms with van der Waals surface area (Å²) in [5.74, 6) is -0.948. The van der Waals surface area contributed by atoms with E-state index in [0.29, 0.717) is 6.54 Å². The molecule has 1 rings (SSSR count). The summed E-state index contributed by atoms with van der Waals surface area (Å²) in [6.07, 6.45) is 2.71. The molecule has 0 aliphatic carbocycles. The Bertz CT molecular complexity index is 415. The molecule has 0 heterocycles. The Morgan fingerprint density at radius 3 is 2.83 bits per heavy atom. The highest BCUT2D eigenvalue weighted by Crippen LogP contribution is 2.09. The molecule has 1 aromatic rings. The molecule has 0 fully saturated rings. The lowest BCUT2D eigenvalue weighted by atomic mass is 10.1. The van der Waals surface area contributed by atoms with Crippen LogP contribution in [0.15, 0.2) is 30.3 Å². The van der Waals surface area contributed by atoms with Crippen LogP contribution in [0.2, 0.25) is 0 Å². The fourth-order valence-electron chi connectivity index (χ4n) is 1.71. The highest BCUT2D eigenvalue weighted by Gasteiger charge is 2.03. The van der Waals surface area contributed by atoms with Crippen molar-refractivity contribution in [3.8, 4) is 0 Å². The minimum atomic E-state index is -0.948. The van der Waals surface area contributed by atoms with Crippen LogP contribution in [0.4, 0.5) is 0 Å². The Kier molecular flexibility index (Phi) is 6.11. The fraction of sp³-hybridized carbons (Fsp3) is 0.357. The Hall–Kier alpha value is -1.65. The van der Waals surface area contributed by atoms with E-state index in [1.807, 2.05) is 31.2 Å². The van der Waals surface area contributed by atoms with Crippen LogP contribution in [0, 0.1) is 0 Å². The van der Waals surface area contributed by atoms with Gasteiger partial charge in [0.1, 0.15) is 0 Å². The lowest BCUT2D eigenvalue weighted by Crippen LogP contribution is -2.26. The number of carboxylic acid groups (broad SMARTS) is 1. The number of hydrogen-bond acceptors (Lipinski definition) is 3. The largest absolute Gasteiger partial charge is 0.478 e. The number of hydrogen-bond donors (Lipinski definition) is 2. The molecule has 0 aliphatic rings. The van der Waals surface area contributed by atoms with E-state index in [-0.39, 0.29) is 6.61 Å². The van der Waals surface area contributed by atoms with Gasteiger partial charge >= 0.3 is 5.97 Å². The molecule has 0 atom stereocenters. The number of aliphatic carboxylic acids is 1. The zero-order chi connectivity index (χ0) is 13.4. The van der Waals surface area contributed by atoms with Crippen LogP contribution in [0.3, 0.4) is 0 Å². The molecule has 0 saturated carbocycles. The van der Waals surface area contributed by atoms with Gasteiger partial charge in [0.2, 0.25) is 0 Å². The van der Waals surface area contributed by atoms with Crippen molar-refractivity contribution >= 4 is 12.0 Å². The van der Waals surface area contributed by atoms with Gasteiger partial charge in [-0.2, -0.15) is 0 Å². The van der Waals surface area contributed by atoms with Gasteiger partial charge in [-0.1, -0.05) is 31.2 Å². The van der Waals surface area contributed by atoms with Crippen LogP contribution in [-0.4, -0.2) is 40.8 Å². The molecule has 0 radical (unpaired) electrons. The first kappa shape index (κ1) is 14.4. The fourth-order valence-corrected chi connectivity index (χ4v) is 1.71. The number of likely N-dealkylation sites (N-methyl/N-ethyl adjacent to an activating group) is 1. The van der Waals surface area contributed by atoms with Crippen molar-refractivity contribution in [1.29, 1.82) is 0 Å². The molecular formula is C14H19NO3. The van der Waals surface area contributed by atoms with Crippen molar-refractivity contribution in [2.75, 3.05) is 19.7 Å². The van der Waals surface area contributed by atoms with Crippen LogP contribution in [-0.2, 0) is 11.3 Å². The summed E-state index contributed by atoms with van der Waals surface area (Å²) in [6, 6.07) is 7.73. The van der Waals surface area contributed by atoms with Crippen LogP contribution in [0.25, 0.3) is 6.08 Å². The van der Waals surface area contributed by atoms with Crippen molar-refractivity contribution < 1.29 is 15.0 Å². The third kappa shape index (κ3) is 5.12. The quantitative estimate of drug-likeness (QED) is 0.721. The van der Waals surface area contributed by atoms with Gasteiger partial charge < -0.3 is 10.2 Å². The number of carbonyl (C=O) groups is 1. The Balaban J connectivity index is 2.72. The second kappa shape index (κ2) is 7.63. The molecular weight excluding hydrogens is 230 g/mol. The maximum Gasteiger partial charge on any atom is 0.328 e. The van der Waals surface area contributed by atoms with Gasteiger partial charge in [0.05, 0.1) is 6.61 Å². The smallest absolute Gasteiger partial charge is 0.328 e. The summed E-state index contributed by atoms with van der Waals surface area (Å²) in [4.78, 5) is 12.6. The Labute approximate surface area is 107 Å². The van der Waals surface area contributed by atoms with Crippen LogP contribution >= 0.6 is 0 Å². The number of rotatable bonds is 7. The van der Waals surface area contributed by atoms with Gasteiger partial charge in [-0.05, 0) is 23.7 Å². The highest BCUT2D eigenvalue weighted by molar-refractivity contribution is 5.85. The number of nitrogens with zero attached hydrogens (tertiary/aromatic N) is 1. The topological polar surface area (TPSA) is 60.8 Å². The maximum atomic E-state index is 10.4. The molecule has 4 nitrogen and oxygen atoms in total. The summed E-state index contributed by atoms with van der Waals surface area (Å²) >= 11 is 0. The number of aliphatic hydroxyl groups excluding tert-OH is 1. The molecule has 18 heavy (non-hydrogen) atoms. The van der Waals surface area contributed by atoms with Gasteiger partial charge in [0, 0.05) is 19.2 Å². The van der Waals surface area contributed by atoms with E-state index in [2.05, 4.69) is 4.90 Å². The third-order valence-corrected chi connectivity index (χ3v) is 2.64. The lowest BCUT2D eigenvalue weighted by Gasteiger charge is -2.19. The summed E-state index contributed by atoms with van der Waals surface area (Å²) < 4.78 is 0. The minimum absolute atomic E-state index is 0.145. The van der Waals surface area contributed by atoms with E-state index in [1.54, 1.807) is 6.08 Å². The molecule has 0 spiro atoms. The lowest BCUT2D eigenvalue weighted by molar-refractivity contribution is -0.131. The molecule has 0 bridgehead atoms. The predicted molar refractivity (Wildman–Crippen MR) is 71.1 cm³/mol. The molecule has 1 aromatic carbocycles. The second-order valence-corrected chi connectivity index (χ2v) is 4.01. The Morgan fingerprint density at radius 2 is 2.22 bits per heavy atom. The molecule has 0 aromatic heterocycles. The zero-order valence-electron chi connectivity index (χ0n) is 10.5. The van der Waals surface area contributed by atoms with Gasteiger partial charge in [-0.25, -0.2) is 4.79 Å². The van der Waals surface area contributed by atoms with Crippen molar-refractivity contribution in [3.05, 3.63) is 41.5 Å². The number of aliphatic hydroxyl groups is 1. The summed E-state index contributed by atoms with van der Waals surface area (Å²) in [6.45, 7) is 4.46. The average Bonchev–Trinajstić information content (AvgIpc) is 2.36. The molecule has 0 unspecified atom stereocenters. The highest BCUT2D eigenvalue weighted by atomic mass is 16.4. The monoisotopic (exact) mass is 249 g/mol. The maximum absolute atomic E-state index is 10.4. The van der Waals surface area contributed by atoms with Crippen molar-refractivity contribution in [2.45, 2.75) is 13.5 Å². The van der Waals surface area contributed by atoms with Crippen molar-refractivity contribution in [3.63, 3.8) is 0 Å². The van der Waals surface area contributed by atoms with E-state index >= 15 is 0 Å².